The number of nitrogens with zero attached hydrogens (tertiary/aromatic N) is 1. The molecule has 0 spiro atoms. The lowest BCUT2D eigenvalue weighted by atomic mass is 9.96. The molecule has 2 N–H and O–H groups in total. The minimum Gasteiger partial charge on any atom is -0.326 e. The minimum absolute atomic E-state index is 0.364. The summed E-state index contributed by atoms with van der Waals surface area (Å²) in [4.78, 5) is 5.04. The molecule has 0 atom stereocenters. The number of rotatable bonds is 4. The van der Waals surface area contributed by atoms with Gasteiger partial charge in [0.25, 0.3) is 0 Å². The van der Waals surface area contributed by atoms with Gasteiger partial charge in [-0.15, -0.1) is 11.3 Å². The normalized spacial score (nSPS) is 12.4. The van der Waals surface area contributed by atoms with Crippen LogP contribution in [0, 0.1) is 5.41 Å². The fraction of sp³-hybridized carbons (Fsp3) is 0.667. The van der Waals surface area contributed by atoms with Gasteiger partial charge in [-0.05, 0) is 24.6 Å². The highest BCUT2D eigenvalue weighted by molar-refractivity contribution is 7.11. The summed E-state index contributed by atoms with van der Waals surface area (Å²) in [5, 5.41) is 0. The number of nitrogens with two attached hydrogens (primary N) is 1. The van der Waals surface area contributed by atoms with E-state index in [0.29, 0.717) is 12.0 Å². The molecule has 15 heavy (non-hydrogen) atoms. The first-order valence-corrected chi connectivity index (χ1v) is 6.18. The van der Waals surface area contributed by atoms with Gasteiger partial charge >= 0.3 is 0 Å². The van der Waals surface area contributed by atoms with Gasteiger partial charge in [-0.2, -0.15) is 0 Å². The summed E-state index contributed by atoms with van der Waals surface area (Å²) < 4.78 is 0. The Labute approximate surface area is 97.1 Å². The number of hydrogen-bond donors (Lipinski definition) is 1. The Balaban J connectivity index is 2.47. The van der Waals surface area contributed by atoms with Crippen molar-refractivity contribution in [3.05, 3.63) is 21.9 Å². The van der Waals surface area contributed by atoms with E-state index in [0.717, 1.165) is 13.1 Å². The Bertz CT molecular complexity index is 299. The Morgan fingerprint density at radius 2 is 1.87 bits per heavy atom. The van der Waals surface area contributed by atoms with Crippen LogP contribution in [0.15, 0.2) is 12.1 Å². The van der Waals surface area contributed by atoms with E-state index in [1.54, 1.807) is 0 Å². The SMILES string of the molecule is CN(Cc1ccc(CN)s1)CC(C)(C)C. The molecule has 0 saturated heterocycles. The molecule has 1 heterocycles. The van der Waals surface area contributed by atoms with Crippen LogP contribution < -0.4 is 5.73 Å². The van der Waals surface area contributed by atoms with E-state index in [4.69, 9.17) is 5.73 Å². The average Bonchev–Trinajstić information content (AvgIpc) is 2.48. The molecule has 3 heteroatoms. The smallest absolute Gasteiger partial charge is 0.0325 e. The molecule has 0 radical (unpaired) electrons. The molecular weight excluding hydrogens is 204 g/mol. The van der Waals surface area contributed by atoms with Crippen molar-refractivity contribution in [1.29, 1.82) is 0 Å². The third-order valence-corrected chi connectivity index (χ3v) is 3.18. The molecule has 0 fully saturated rings. The number of thiophene rings is 1. The maximum Gasteiger partial charge on any atom is 0.0325 e. The van der Waals surface area contributed by atoms with Crippen molar-refractivity contribution < 1.29 is 0 Å². The van der Waals surface area contributed by atoms with Crippen molar-refractivity contribution in [1.82, 2.24) is 4.90 Å². The van der Waals surface area contributed by atoms with Crippen molar-refractivity contribution in [2.45, 2.75) is 33.9 Å². The van der Waals surface area contributed by atoms with Crippen LogP contribution in [0.1, 0.15) is 30.5 Å². The molecule has 0 aliphatic rings. The summed E-state index contributed by atoms with van der Waals surface area (Å²) in [6, 6.07) is 4.32. The lowest BCUT2D eigenvalue weighted by Gasteiger charge is -2.25. The van der Waals surface area contributed by atoms with E-state index in [1.165, 1.54) is 9.75 Å². The molecule has 0 aromatic carbocycles. The van der Waals surface area contributed by atoms with E-state index >= 15 is 0 Å². The van der Waals surface area contributed by atoms with Crippen LogP contribution in [0.2, 0.25) is 0 Å². The average molecular weight is 226 g/mol. The van der Waals surface area contributed by atoms with Gasteiger partial charge in [-0.1, -0.05) is 20.8 Å². The lowest BCUT2D eigenvalue weighted by molar-refractivity contribution is 0.222. The fourth-order valence-corrected chi connectivity index (χ4v) is 2.73. The molecule has 0 amide bonds. The summed E-state index contributed by atoms with van der Waals surface area (Å²) in [6.45, 7) is 9.61. The third kappa shape index (κ3) is 4.78. The highest BCUT2D eigenvalue weighted by Gasteiger charge is 2.13. The molecular formula is C12H22N2S. The van der Waals surface area contributed by atoms with Gasteiger partial charge in [0.1, 0.15) is 0 Å². The predicted octanol–water partition coefficient (Wildman–Crippen LogP) is 2.68. The summed E-state index contributed by atoms with van der Waals surface area (Å²) in [5.74, 6) is 0. The minimum atomic E-state index is 0.364. The quantitative estimate of drug-likeness (QED) is 0.855. The molecule has 86 valence electrons. The largest absolute Gasteiger partial charge is 0.326 e. The molecule has 0 aliphatic carbocycles. The summed E-state index contributed by atoms with van der Waals surface area (Å²) in [5.41, 5.74) is 5.96. The van der Waals surface area contributed by atoms with E-state index in [2.05, 4.69) is 44.9 Å². The first-order valence-electron chi connectivity index (χ1n) is 5.37. The van der Waals surface area contributed by atoms with Crippen molar-refractivity contribution in [3.63, 3.8) is 0 Å². The second kappa shape index (κ2) is 5.10. The van der Waals surface area contributed by atoms with E-state index in [9.17, 15) is 0 Å². The fourth-order valence-electron chi connectivity index (χ4n) is 1.75. The maximum atomic E-state index is 5.59. The molecule has 0 bridgehead atoms. The van der Waals surface area contributed by atoms with E-state index in [-0.39, 0.29) is 0 Å². The first-order chi connectivity index (χ1) is 6.90. The van der Waals surface area contributed by atoms with Gasteiger partial charge < -0.3 is 10.6 Å². The van der Waals surface area contributed by atoms with E-state index in [1.807, 2.05) is 11.3 Å². The number of hydrogen-bond acceptors (Lipinski definition) is 3. The molecule has 0 unspecified atom stereocenters. The standard InChI is InChI=1S/C12H22N2S/c1-12(2,3)9-14(4)8-11-6-5-10(7-13)15-11/h5-6H,7-9,13H2,1-4H3. The zero-order chi connectivity index (χ0) is 11.5. The molecule has 0 aliphatic heterocycles. The van der Waals surface area contributed by atoms with Gasteiger partial charge in [0, 0.05) is 29.4 Å². The molecule has 2 nitrogen and oxygen atoms in total. The van der Waals surface area contributed by atoms with Gasteiger partial charge in [-0.25, -0.2) is 0 Å². The van der Waals surface area contributed by atoms with Crippen LogP contribution in [0.25, 0.3) is 0 Å². The van der Waals surface area contributed by atoms with Crippen molar-refractivity contribution in [3.8, 4) is 0 Å². The predicted molar refractivity (Wildman–Crippen MR) is 68.0 cm³/mol. The Hall–Kier alpha value is -0.380. The Morgan fingerprint density at radius 3 is 2.33 bits per heavy atom. The first kappa shape index (κ1) is 12.7. The van der Waals surface area contributed by atoms with Gasteiger partial charge in [0.05, 0.1) is 0 Å². The van der Waals surface area contributed by atoms with Crippen molar-refractivity contribution in [2.24, 2.45) is 11.1 Å². The van der Waals surface area contributed by atoms with Crippen LogP contribution >= 0.6 is 11.3 Å². The Morgan fingerprint density at radius 1 is 1.27 bits per heavy atom. The van der Waals surface area contributed by atoms with Crippen LogP contribution in [0.4, 0.5) is 0 Å². The van der Waals surface area contributed by atoms with Gasteiger partial charge in [-0.3, -0.25) is 0 Å². The molecule has 0 saturated carbocycles. The van der Waals surface area contributed by atoms with Crippen LogP contribution in [0.3, 0.4) is 0 Å². The summed E-state index contributed by atoms with van der Waals surface area (Å²) >= 11 is 1.82. The second-order valence-corrected chi connectivity index (χ2v) is 6.56. The van der Waals surface area contributed by atoms with Crippen LogP contribution in [-0.4, -0.2) is 18.5 Å². The van der Waals surface area contributed by atoms with Gasteiger partial charge in [0.2, 0.25) is 0 Å². The summed E-state index contributed by atoms with van der Waals surface area (Å²) in [6.07, 6.45) is 0. The highest BCUT2D eigenvalue weighted by atomic mass is 32.1. The zero-order valence-corrected chi connectivity index (χ0v) is 11.0. The van der Waals surface area contributed by atoms with Crippen LogP contribution in [0.5, 0.6) is 0 Å². The van der Waals surface area contributed by atoms with Gasteiger partial charge in [0.15, 0.2) is 0 Å². The Kier molecular flexibility index (Phi) is 4.32. The lowest BCUT2D eigenvalue weighted by Crippen LogP contribution is -2.28. The zero-order valence-electron chi connectivity index (χ0n) is 10.2. The molecule has 1 aromatic heterocycles. The topological polar surface area (TPSA) is 29.3 Å². The monoisotopic (exact) mass is 226 g/mol. The molecule has 1 aromatic rings. The third-order valence-electron chi connectivity index (χ3n) is 2.09. The van der Waals surface area contributed by atoms with Crippen LogP contribution in [-0.2, 0) is 13.1 Å². The highest BCUT2D eigenvalue weighted by Crippen LogP contribution is 2.20. The van der Waals surface area contributed by atoms with Crippen molar-refractivity contribution >= 4 is 11.3 Å². The van der Waals surface area contributed by atoms with Crippen molar-refractivity contribution in [2.75, 3.05) is 13.6 Å². The van der Waals surface area contributed by atoms with E-state index < -0.39 is 0 Å². The molecule has 1 rings (SSSR count). The maximum absolute atomic E-state index is 5.59. The second-order valence-electron chi connectivity index (χ2n) is 5.31. The summed E-state index contributed by atoms with van der Waals surface area (Å²) in [7, 11) is 2.17.